The third-order valence-corrected chi connectivity index (χ3v) is 4.56. The van der Waals surface area contributed by atoms with Crippen LogP contribution in [0.1, 0.15) is 34.2 Å². The first-order valence-electron chi connectivity index (χ1n) is 9.72. The number of methoxy groups -OCH3 is 3. The number of nitrogens with zero attached hydrogens (tertiary/aromatic N) is 2. The molecule has 0 radical (unpaired) electrons. The Kier molecular flexibility index (Phi) is 6.92. The highest BCUT2D eigenvalue weighted by atomic mass is 16.5. The van der Waals surface area contributed by atoms with Gasteiger partial charge in [-0.2, -0.15) is 5.10 Å². The third kappa shape index (κ3) is 4.23. The molecule has 0 unspecified atom stereocenters. The Morgan fingerprint density at radius 2 is 1.65 bits per heavy atom. The van der Waals surface area contributed by atoms with Crippen molar-refractivity contribution in [1.29, 1.82) is 0 Å². The first-order valence-corrected chi connectivity index (χ1v) is 9.72. The third-order valence-electron chi connectivity index (χ3n) is 4.56. The van der Waals surface area contributed by atoms with Crippen molar-refractivity contribution in [3.63, 3.8) is 0 Å². The summed E-state index contributed by atoms with van der Waals surface area (Å²) in [5.74, 6) is -0.537. The molecule has 3 aromatic rings. The van der Waals surface area contributed by atoms with Crippen LogP contribution in [-0.4, -0.2) is 49.7 Å². The molecule has 0 aliphatic carbocycles. The zero-order valence-electron chi connectivity index (χ0n) is 17.9. The van der Waals surface area contributed by atoms with E-state index in [1.165, 1.54) is 26.0 Å². The number of hydrogen-bond donors (Lipinski definition) is 0. The molecule has 2 aromatic carbocycles. The van der Waals surface area contributed by atoms with E-state index in [2.05, 4.69) is 5.10 Å². The fourth-order valence-electron chi connectivity index (χ4n) is 3.16. The number of carbonyl (C=O) groups is 2. The molecule has 1 heterocycles. The second kappa shape index (κ2) is 9.80. The van der Waals surface area contributed by atoms with Gasteiger partial charge in [-0.25, -0.2) is 14.3 Å². The monoisotopic (exact) mass is 424 g/mol. The standard InChI is InChI=1S/C23H24N2O6/c1-5-14-31-21-16(12-9-13-17(21)28-2)19-18(22(26)29-3)20(23(27)30-4)25(24-19)15-10-7-6-8-11-15/h6-13H,5,14H2,1-4H3. The summed E-state index contributed by atoms with van der Waals surface area (Å²) >= 11 is 0. The number of carbonyl (C=O) groups excluding carboxylic acids is 2. The van der Waals surface area contributed by atoms with E-state index in [1.54, 1.807) is 42.5 Å². The number of rotatable bonds is 8. The molecule has 0 fully saturated rings. The van der Waals surface area contributed by atoms with Crippen LogP contribution in [0.2, 0.25) is 0 Å². The van der Waals surface area contributed by atoms with Crippen LogP contribution in [0.3, 0.4) is 0 Å². The topological polar surface area (TPSA) is 88.9 Å². The molecule has 0 N–H and O–H groups in total. The van der Waals surface area contributed by atoms with Gasteiger partial charge in [-0.3, -0.25) is 0 Å². The first-order chi connectivity index (χ1) is 15.1. The maximum Gasteiger partial charge on any atom is 0.357 e. The molecule has 0 aliphatic heterocycles. The Balaban J connectivity index is 2.37. The van der Waals surface area contributed by atoms with Crippen LogP contribution >= 0.6 is 0 Å². The van der Waals surface area contributed by atoms with Crippen molar-refractivity contribution in [1.82, 2.24) is 9.78 Å². The average Bonchev–Trinajstić information content (AvgIpc) is 3.22. The van der Waals surface area contributed by atoms with E-state index in [4.69, 9.17) is 18.9 Å². The van der Waals surface area contributed by atoms with Gasteiger partial charge in [-0.1, -0.05) is 31.2 Å². The molecule has 162 valence electrons. The molecule has 0 atom stereocenters. The molecule has 0 spiro atoms. The molecule has 0 aliphatic rings. The van der Waals surface area contributed by atoms with Crippen molar-refractivity contribution in [2.75, 3.05) is 27.9 Å². The van der Waals surface area contributed by atoms with Crippen LogP contribution < -0.4 is 9.47 Å². The maximum absolute atomic E-state index is 12.8. The van der Waals surface area contributed by atoms with Crippen molar-refractivity contribution in [2.24, 2.45) is 0 Å². The Hall–Kier alpha value is -3.81. The highest BCUT2D eigenvalue weighted by Gasteiger charge is 2.33. The molecule has 31 heavy (non-hydrogen) atoms. The molecular formula is C23H24N2O6. The normalized spacial score (nSPS) is 10.5. The molecule has 1 aromatic heterocycles. The molecule has 8 heteroatoms. The van der Waals surface area contributed by atoms with Crippen LogP contribution in [-0.2, 0) is 9.47 Å². The molecule has 0 amide bonds. The van der Waals surface area contributed by atoms with Gasteiger partial charge >= 0.3 is 11.9 Å². The average molecular weight is 424 g/mol. The molecule has 0 saturated carbocycles. The fourth-order valence-corrected chi connectivity index (χ4v) is 3.16. The van der Waals surface area contributed by atoms with E-state index in [9.17, 15) is 9.59 Å². The van der Waals surface area contributed by atoms with E-state index in [0.717, 1.165) is 6.42 Å². The van der Waals surface area contributed by atoms with E-state index in [-0.39, 0.29) is 17.0 Å². The Morgan fingerprint density at radius 3 is 2.26 bits per heavy atom. The van der Waals surface area contributed by atoms with Gasteiger partial charge in [0.1, 0.15) is 11.3 Å². The summed E-state index contributed by atoms with van der Waals surface area (Å²) in [6, 6.07) is 14.2. The minimum absolute atomic E-state index is 0.0206. The molecule has 0 saturated heterocycles. The van der Waals surface area contributed by atoms with E-state index < -0.39 is 11.9 Å². The lowest BCUT2D eigenvalue weighted by molar-refractivity contribution is 0.0549. The Bertz CT molecular complexity index is 1080. The number of benzene rings is 2. The van der Waals surface area contributed by atoms with Gasteiger partial charge in [0.2, 0.25) is 0 Å². The Labute approximate surface area is 180 Å². The summed E-state index contributed by atoms with van der Waals surface area (Å²) < 4.78 is 22.7. The fraction of sp³-hybridized carbons (Fsp3) is 0.261. The SMILES string of the molecule is CCCOc1c(OC)cccc1-c1nn(-c2ccccc2)c(C(=O)OC)c1C(=O)OC. The van der Waals surface area contributed by atoms with Gasteiger partial charge in [-0.15, -0.1) is 0 Å². The largest absolute Gasteiger partial charge is 0.493 e. The summed E-state index contributed by atoms with van der Waals surface area (Å²) in [4.78, 5) is 25.5. The van der Waals surface area contributed by atoms with Crippen molar-refractivity contribution in [3.8, 4) is 28.4 Å². The van der Waals surface area contributed by atoms with Gasteiger partial charge in [0, 0.05) is 5.56 Å². The zero-order valence-corrected chi connectivity index (χ0v) is 17.9. The first kappa shape index (κ1) is 21.9. The lowest BCUT2D eigenvalue weighted by Gasteiger charge is -2.14. The highest BCUT2D eigenvalue weighted by molar-refractivity contribution is 6.07. The number of ether oxygens (including phenoxy) is 4. The van der Waals surface area contributed by atoms with Crippen molar-refractivity contribution in [2.45, 2.75) is 13.3 Å². The van der Waals surface area contributed by atoms with Crippen LogP contribution in [0.4, 0.5) is 0 Å². The summed E-state index contributed by atoms with van der Waals surface area (Å²) in [5.41, 5.74) is 1.24. The molecular weight excluding hydrogens is 400 g/mol. The van der Waals surface area contributed by atoms with Gasteiger partial charge in [0.15, 0.2) is 17.2 Å². The van der Waals surface area contributed by atoms with Gasteiger partial charge in [-0.05, 0) is 30.7 Å². The number of aromatic nitrogens is 2. The molecule has 8 nitrogen and oxygen atoms in total. The van der Waals surface area contributed by atoms with Crippen molar-refractivity contribution < 1.29 is 28.5 Å². The zero-order chi connectivity index (χ0) is 22.4. The lowest BCUT2D eigenvalue weighted by atomic mass is 10.0. The summed E-state index contributed by atoms with van der Waals surface area (Å²) in [7, 11) is 4.02. The quantitative estimate of drug-likeness (QED) is 0.507. The Morgan fingerprint density at radius 1 is 0.935 bits per heavy atom. The number of para-hydroxylation sites is 2. The minimum Gasteiger partial charge on any atom is -0.493 e. The predicted molar refractivity (Wildman–Crippen MR) is 114 cm³/mol. The predicted octanol–water partition coefficient (Wildman–Crippen LogP) is 3.91. The summed E-state index contributed by atoms with van der Waals surface area (Å²) in [6.45, 7) is 2.42. The second-order valence-electron chi connectivity index (χ2n) is 6.49. The van der Waals surface area contributed by atoms with E-state index in [1.807, 2.05) is 13.0 Å². The van der Waals surface area contributed by atoms with Crippen LogP contribution in [0, 0.1) is 0 Å². The van der Waals surface area contributed by atoms with Crippen LogP contribution in [0.15, 0.2) is 48.5 Å². The van der Waals surface area contributed by atoms with E-state index in [0.29, 0.717) is 29.4 Å². The smallest absolute Gasteiger partial charge is 0.357 e. The van der Waals surface area contributed by atoms with Crippen molar-refractivity contribution >= 4 is 11.9 Å². The van der Waals surface area contributed by atoms with Gasteiger partial charge in [0.05, 0.1) is 33.6 Å². The lowest BCUT2D eigenvalue weighted by Crippen LogP contribution is -2.15. The van der Waals surface area contributed by atoms with Gasteiger partial charge < -0.3 is 18.9 Å². The van der Waals surface area contributed by atoms with Crippen LogP contribution in [0.25, 0.3) is 16.9 Å². The van der Waals surface area contributed by atoms with Gasteiger partial charge in [0.25, 0.3) is 0 Å². The number of hydrogen-bond acceptors (Lipinski definition) is 7. The summed E-state index contributed by atoms with van der Waals surface area (Å²) in [5, 5.41) is 4.61. The second-order valence-corrected chi connectivity index (χ2v) is 6.49. The maximum atomic E-state index is 12.8. The number of esters is 2. The molecule has 0 bridgehead atoms. The van der Waals surface area contributed by atoms with Crippen LogP contribution in [0.5, 0.6) is 11.5 Å². The van der Waals surface area contributed by atoms with Crippen molar-refractivity contribution in [3.05, 3.63) is 59.8 Å². The highest BCUT2D eigenvalue weighted by Crippen LogP contribution is 2.40. The van der Waals surface area contributed by atoms with E-state index >= 15 is 0 Å². The summed E-state index contributed by atoms with van der Waals surface area (Å²) in [6.07, 6.45) is 0.771. The molecule has 3 rings (SSSR count). The minimum atomic E-state index is -0.721.